The maximum Gasteiger partial charge on any atom is 0.0362 e. The van der Waals surface area contributed by atoms with Gasteiger partial charge >= 0.3 is 0 Å². The summed E-state index contributed by atoms with van der Waals surface area (Å²) in [5.41, 5.74) is 10.1. The highest BCUT2D eigenvalue weighted by molar-refractivity contribution is 7.26. The molecule has 1 heterocycles. The van der Waals surface area contributed by atoms with E-state index in [1.165, 1.54) is 108 Å². The number of fused-ring (bicyclic) bond motifs is 7. The van der Waals surface area contributed by atoms with E-state index in [-0.39, 0.29) is 0 Å². The average molecular weight is 689 g/mol. The van der Waals surface area contributed by atoms with E-state index in [2.05, 4.69) is 194 Å². The fraction of sp³-hybridized carbons (Fsp3) is 0. The molecule has 11 rings (SSSR count). The Morgan fingerprint density at radius 3 is 1.38 bits per heavy atom. The highest BCUT2D eigenvalue weighted by Crippen LogP contribution is 2.48. The largest absolute Gasteiger partial charge is 0.135 e. The summed E-state index contributed by atoms with van der Waals surface area (Å²) in [5, 5.41) is 12.8. The van der Waals surface area contributed by atoms with Crippen LogP contribution in [-0.4, -0.2) is 0 Å². The fourth-order valence-corrected chi connectivity index (χ4v) is 9.78. The third kappa shape index (κ3) is 4.82. The highest BCUT2D eigenvalue weighted by atomic mass is 32.1. The number of hydrogen-bond donors (Lipinski definition) is 0. The minimum absolute atomic E-state index is 1.23. The Hall–Kier alpha value is -6.54. The third-order valence-corrected chi connectivity index (χ3v) is 12.2. The van der Waals surface area contributed by atoms with Crippen molar-refractivity contribution in [3.05, 3.63) is 194 Å². The molecule has 0 radical (unpaired) electrons. The molecule has 1 heteroatoms. The van der Waals surface area contributed by atoms with Crippen LogP contribution >= 0.6 is 11.3 Å². The maximum atomic E-state index is 2.48. The molecule has 0 amide bonds. The van der Waals surface area contributed by atoms with Crippen molar-refractivity contribution in [1.29, 1.82) is 0 Å². The van der Waals surface area contributed by atoms with Gasteiger partial charge < -0.3 is 0 Å². The van der Waals surface area contributed by atoms with Crippen LogP contribution in [-0.2, 0) is 0 Å². The van der Waals surface area contributed by atoms with E-state index < -0.39 is 0 Å². The summed E-state index contributed by atoms with van der Waals surface area (Å²) < 4.78 is 2.62. The smallest absolute Gasteiger partial charge is 0.0362 e. The van der Waals surface area contributed by atoms with Crippen LogP contribution < -0.4 is 0 Å². The Morgan fingerprint density at radius 1 is 0.245 bits per heavy atom. The summed E-state index contributed by atoms with van der Waals surface area (Å²) in [6, 6.07) is 71.7. The molecule has 0 aliphatic rings. The van der Waals surface area contributed by atoms with E-state index in [4.69, 9.17) is 0 Å². The zero-order chi connectivity index (χ0) is 34.9. The fourth-order valence-electron chi connectivity index (χ4n) is 8.61. The van der Waals surface area contributed by atoms with Crippen LogP contribution in [0.3, 0.4) is 0 Å². The number of rotatable bonds is 4. The molecule has 0 unspecified atom stereocenters. The molecule has 0 bridgehead atoms. The summed E-state index contributed by atoms with van der Waals surface area (Å²) in [4.78, 5) is 0. The SMILES string of the molecule is c1ccc(-c2c3ccccc3c(-c3ccc(-c4cccc5ccccc45)cc3)c3cc4c(cc23)sc2cc(-c3cccc5ccccc35)ccc24)cc1. The summed E-state index contributed by atoms with van der Waals surface area (Å²) in [7, 11) is 0. The van der Waals surface area contributed by atoms with Gasteiger partial charge in [-0.15, -0.1) is 11.3 Å². The van der Waals surface area contributed by atoms with E-state index in [0.717, 1.165) is 0 Å². The quantitative estimate of drug-likeness (QED) is 0.162. The van der Waals surface area contributed by atoms with E-state index in [1.807, 2.05) is 11.3 Å². The molecule has 0 atom stereocenters. The zero-order valence-corrected chi connectivity index (χ0v) is 29.7. The molecule has 10 aromatic carbocycles. The van der Waals surface area contributed by atoms with Crippen molar-refractivity contribution in [3.63, 3.8) is 0 Å². The van der Waals surface area contributed by atoms with Crippen LogP contribution in [0.5, 0.6) is 0 Å². The Balaban J connectivity index is 1.17. The van der Waals surface area contributed by atoms with Crippen LogP contribution in [0.15, 0.2) is 194 Å². The number of benzene rings is 10. The van der Waals surface area contributed by atoms with Gasteiger partial charge in [0.05, 0.1) is 0 Å². The highest BCUT2D eigenvalue weighted by Gasteiger charge is 2.19. The first-order valence-electron chi connectivity index (χ1n) is 18.3. The molecule has 0 fully saturated rings. The summed E-state index contributed by atoms with van der Waals surface area (Å²) >= 11 is 1.90. The van der Waals surface area contributed by atoms with E-state index in [1.54, 1.807) is 0 Å². The first-order valence-corrected chi connectivity index (χ1v) is 19.1. The molecule has 0 nitrogen and oxygen atoms in total. The molecule has 246 valence electrons. The molecule has 1 aromatic heterocycles. The molecule has 0 N–H and O–H groups in total. The predicted octanol–water partition coefficient (Wildman–Crippen LogP) is 15.3. The number of hydrogen-bond acceptors (Lipinski definition) is 1. The third-order valence-electron chi connectivity index (χ3n) is 11.1. The molecule has 0 spiro atoms. The summed E-state index contributed by atoms with van der Waals surface area (Å²) in [5.74, 6) is 0. The molecule has 0 aliphatic carbocycles. The van der Waals surface area contributed by atoms with Gasteiger partial charge in [-0.2, -0.15) is 0 Å². The van der Waals surface area contributed by atoms with Gasteiger partial charge in [0.25, 0.3) is 0 Å². The van der Waals surface area contributed by atoms with Crippen molar-refractivity contribution in [1.82, 2.24) is 0 Å². The van der Waals surface area contributed by atoms with Gasteiger partial charge in [0.1, 0.15) is 0 Å². The Bertz CT molecular complexity index is 3190. The molecule has 11 aromatic rings. The molecular weight excluding hydrogens is 657 g/mol. The van der Waals surface area contributed by atoms with E-state index in [0.29, 0.717) is 0 Å². The topological polar surface area (TPSA) is 0 Å². The Labute approximate surface area is 311 Å². The lowest BCUT2D eigenvalue weighted by Crippen LogP contribution is -1.91. The molecule has 53 heavy (non-hydrogen) atoms. The summed E-state index contributed by atoms with van der Waals surface area (Å²) in [6.07, 6.45) is 0. The minimum atomic E-state index is 1.23. The molecule has 0 aliphatic heterocycles. The second-order valence-corrected chi connectivity index (χ2v) is 15.1. The van der Waals surface area contributed by atoms with E-state index >= 15 is 0 Å². The standard InChI is InChI=1S/C52H32S/c1-2-14-36(15-3-1)51-44-20-8-9-21-45(44)52(37-26-24-35(25-27-37)41-22-10-16-33-12-4-6-18-39(33)41)47-31-46-43-29-28-38(30-49(43)53-50(46)32-48(47)51)42-23-11-17-34-13-5-7-19-40(34)42/h1-32H. The van der Waals surface area contributed by atoms with Gasteiger partial charge in [-0.3, -0.25) is 0 Å². The van der Waals surface area contributed by atoms with Crippen molar-refractivity contribution in [2.45, 2.75) is 0 Å². The lowest BCUT2D eigenvalue weighted by Gasteiger charge is -2.18. The first-order chi connectivity index (χ1) is 26.3. The monoisotopic (exact) mass is 688 g/mol. The zero-order valence-electron chi connectivity index (χ0n) is 28.9. The van der Waals surface area contributed by atoms with Crippen LogP contribution in [0.4, 0.5) is 0 Å². The van der Waals surface area contributed by atoms with Crippen molar-refractivity contribution in [3.8, 4) is 44.5 Å². The normalized spacial score (nSPS) is 11.8. The van der Waals surface area contributed by atoms with Gasteiger partial charge in [-0.25, -0.2) is 0 Å². The molecule has 0 saturated carbocycles. The second kappa shape index (κ2) is 12.0. The lowest BCUT2D eigenvalue weighted by molar-refractivity contribution is 1.63. The van der Waals surface area contributed by atoms with Crippen LogP contribution in [0.1, 0.15) is 0 Å². The van der Waals surface area contributed by atoms with Crippen molar-refractivity contribution >= 4 is 74.6 Å². The predicted molar refractivity (Wildman–Crippen MR) is 231 cm³/mol. The maximum absolute atomic E-state index is 2.48. The van der Waals surface area contributed by atoms with Crippen molar-refractivity contribution in [2.24, 2.45) is 0 Å². The van der Waals surface area contributed by atoms with Gasteiger partial charge in [0.15, 0.2) is 0 Å². The minimum Gasteiger partial charge on any atom is -0.135 e. The van der Waals surface area contributed by atoms with Gasteiger partial charge in [0.2, 0.25) is 0 Å². The Morgan fingerprint density at radius 2 is 0.717 bits per heavy atom. The first kappa shape index (κ1) is 30.1. The van der Waals surface area contributed by atoms with Crippen molar-refractivity contribution in [2.75, 3.05) is 0 Å². The molecule has 0 saturated heterocycles. The second-order valence-electron chi connectivity index (χ2n) is 14.0. The van der Waals surface area contributed by atoms with Crippen LogP contribution in [0.25, 0.3) is 108 Å². The van der Waals surface area contributed by atoms with Gasteiger partial charge in [-0.05, 0) is 106 Å². The average Bonchev–Trinajstić information content (AvgIpc) is 3.58. The molecular formula is C52H32S. The van der Waals surface area contributed by atoms with Gasteiger partial charge in [0, 0.05) is 20.2 Å². The van der Waals surface area contributed by atoms with E-state index in [9.17, 15) is 0 Å². The van der Waals surface area contributed by atoms with Crippen LogP contribution in [0, 0.1) is 0 Å². The van der Waals surface area contributed by atoms with Crippen molar-refractivity contribution < 1.29 is 0 Å². The van der Waals surface area contributed by atoms with Crippen LogP contribution in [0.2, 0.25) is 0 Å². The summed E-state index contributed by atoms with van der Waals surface area (Å²) in [6.45, 7) is 0. The number of thiophene rings is 1. The van der Waals surface area contributed by atoms with Gasteiger partial charge in [-0.1, -0.05) is 176 Å². The lowest BCUT2D eigenvalue weighted by atomic mass is 9.85. The Kier molecular flexibility index (Phi) is 6.83.